The van der Waals surface area contributed by atoms with E-state index in [4.69, 9.17) is 9.11 Å². The van der Waals surface area contributed by atoms with Gasteiger partial charge in [-0.15, -0.1) is 0 Å². The van der Waals surface area contributed by atoms with Crippen molar-refractivity contribution in [2.75, 3.05) is 14.1 Å². The maximum atomic E-state index is 9.34. The fourth-order valence-corrected chi connectivity index (χ4v) is 0. The van der Waals surface area contributed by atoms with E-state index in [1.807, 2.05) is 14.1 Å². The molecule has 0 aromatic heterocycles. The van der Waals surface area contributed by atoms with E-state index < -0.39 is 19.3 Å². The molecule has 0 aliphatic heterocycles. The Balaban J connectivity index is -0.000000140. The van der Waals surface area contributed by atoms with Crippen LogP contribution < -0.4 is 5.32 Å². The number of hydrogen-bond acceptors (Lipinski definition) is 4. The molecule has 0 spiro atoms. The van der Waals surface area contributed by atoms with Gasteiger partial charge in [-0.05, 0) is 14.1 Å². The molecule has 6 nitrogen and oxygen atoms in total. The molecular formula is C2H9BNO5S2. The summed E-state index contributed by atoms with van der Waals surface area (Å²) >= 11 is 0. The minimum atomic E-state index is -4.71. The van der Waals surface area contributed by atoms with Crippen LogP contribution >= 0.6 is 0 Å². The predicted molar refractivity (Wildman–Crippen MR) is 43.1 cm³/mol. The van der Waals surface area contributed by atoms with E-state index in [9.17, 15) is 12.6 Å². The van der Waals surface area contributed by atoms with Crippen molar-refractivity contribution in [3.05, 3.63) is 0 Å². The third-order valence-corrected chi connectivity index (χ3v) is 1.62. The first kappa shape index (κ1) is 17.2. The van der Waals surface area contributed by atoms with Crippen molar-refractivity contribution in [1.82, 2.24) is 5.32 Å². The Bertz CT molecular complexity index is 189. The van der Waals surface area contributed by atoms with Crippen LogP contribution in [0, 0.1) is 0 Å². The lowest BCUT2D eigenvalue weighted by molar-refractivity contribution is 0.488. The van der Waals surface area contributed by atoms with Gasteiger partial charge in [-0.3, -0.25) is 9.11 Å². The first-order chi connectivity index (χ1) is 4.36. The van der Waals surface area contributed by atoms with Gasteiger partial charge < -0.3 is 5.32 Å². The van der Waals surface area contributed by atoms with Crippen LogP contribution in [0.25, 0.3) is 0 Å². The van der Waals surface area contributed by atoms with Crippen LogP contribution in [-0.4, -0.2) is 44.2 Å². The fourth-order valence-electron chi connectivity index (χ4n) is 0. The Morgan fingerprint density at radius 3 is 1.45 bits per heavy atom. The second-order valence-electron chi connectivity index (χ2n) is 1.14. The highest BCUT2D eigenvalue weighted by molar-refractivity contribution is 8.59. The van der Waals surface area contributed by atoms with E-state index >= 15 is 0 Å². The van der Waals surface area contributed by atoms with Gasteiger partial charge in [0.15, 0.2) is 0 Å². The zero-order valence-electron chi connectivity index (χ0n) is 6.01. The lowest BCUT2D eigenvalue weighted by atomic mass is 10.8. The van der Waals surface area contributed by atoms with Crippen LogP contribution in [0.15, 0.2) is 0 Å². The molecule has 0 amide bonds. The molecular weight excluding hydrogens is 193 g/mol. The summed E-state index contributed by atoms with van der Waals surface area (Å²) in [7, 11) is -4.12. The average Bonchev–Trinajstić information content (AvgIpc) is 1.64. The molecule has 0 bridgehead atoms. The molecule has 11 heavy (non-hydrogen) atoms. The van der Waals surface area contributed by atoms with Crippen molar-refractivity contribution in [3.63, 3.8) is 0 Å². The normalized spacial score (nSPS) is 12.0. The lowest BCUT2D eigenvalue weighted by Gasteiger charge is -1.80. The molecule has 67 valence electrons. The molecule has 0 fully saturated rings. The number of rotatable bonds is 1. The van der Waals surface area contributed by atoms with Crippen molar-refractivity contribution < 1.29 is 21.7 Å². The van der Waals surface area contributed by atoms with E-state index in [0.717, 1.165) is 0 Å². The predicted octanol–water partition coefficient (Wildman–Crippen LogP) is -1.53. The Labute approximate surface area is 69.4 Å². The molecule has 1 atom stereocenters. The molecule has 3 radical (unpaired) electrons. The molecule has 0 aliphatic carbocycles. The van der Waals surface area contributed by atoms with Crippen LogP contribution in [0.5, 0.6) is 0 Å². The summed E-state index contributed by atoms with van der Waals surface area (Å²) < 4.78 is 43.0. The average molecular weight is 202 g/mol. The van der Waals surface area contributed by atoms with Crippen LogP contribution in [0.2, 0.25) is 0 Å². The minimum Gasteiger partial charge on any atom is -0.323 e. The maximum absolute atomic E-state index is 9.34. The SMILES string of the molecule is CNC.O=S(O)S(=O)(=O)O.[B]. The molecule has 0 aromatic rings. The number of nitrogens with one attached hydrogen (secondary N) is 1. The minimum absolute atomic E-state index is 0. The van der Waals surface area contributed by atoms with E-state index in [2.05, 4.69) is 5.32 Å². The van der Waals surface area contributed by atoms with Crippen LogP contribution in [0.3, 0.4) is 0 Å². The third-order valence-electron chi connectivity index (χ3n) is 0.180. The first-order valence-corrected chi connectivity index (χ1v) is 5.10. The smallest absolute Gasteiger partial charge is 0.323 e. The molecule has 9 heteroatoms. The molecule has 0 saturated carbocycles. The van der Waals surface area contributed by atoms with E-state index in [-0.39, 0.29) is 8.41 Å². The molecule has 0 aliphatic rings. The summed E-state index contributed by atoms with van der Waals surface area (Å²) in [5, 5.41) is 2.75. The summed E-state index contributed by atoms with van der Waals surface area (Å²) in [4.78, 5) is 0. The Morgan fingerprint density at radius 1 is 1.36 bits per heavy atom. The Kier molecular flexibility index (Phi) is 12.7. The fraction of sp³-hybridized carbons (Fsp3) is 1.00. The quantitative estimate of drug-likeness (QED) is 0.206. The highest BCUT2D eigenvalue weighted by Gasteiger charge is 2.10. The van der Waals surface area contributed by atoms with E-state index in [0.29, 0.717) is 0 Å². The summed E-state index contributed by atoms with van der Waals surface area (Å²) in [6, 6.07) is 0. The lowest BCUT2D eigenvalue weighted by Crippen LogP contribution is -2.03. The Morgan fingerprint density at radius 2 is 1.45 bits per heavy atom. The molecule has 0 rings (SSSR count). The zero-order chi connectivity index (χ0) is 8.78. The number of hydrogen-bond donors (Lipinski definition) is 3. The first-order valence-electron chi connectivity index (χ1n) is 2.03. The third kappa shape index (κ3) is 17.8. The van der Waals surface area contributed by atoms with Gasteiger partial charge in [0.25, 0.3) is 0 Å². The maximum Gasteiger partial charge on any atom is 0.373 e. The van der Waals surface area contributed by atoms with Crippen LogP contribution in [-0.2, 0) is 19.3 Å². The van der Waals surface area contributed by atoms with Gasteiger partial charge in [-0.25, -0.2) is 4.21 Å². The second-order valence-corrected chi connectivity index (χ2v) is 4.55. The molecule has 3 N–H and O–H groups in total. The monoisotopic (exact) mass is 202 g/mol. The molecule has 0 heterocycles. The van der Waals surface area contributed by atoms with Crippen molar-refractivity contribution >= 4 is 27.7 Å². The molecule has 0 aromatic carbocycles. The summed E-state index contributed by atoms with van der Waals surface area (Å²) in [6.45, 7) is 0. The zero-order valence-corrected chi connectivity index (χ0v) is 7.65. The molecule has 0 saturated heterocycles. The van der Waals surface area contributed by atoms with Gasteiger partial charge in [0.05, 0.1) is 0 Å². The standard InChI is InChI=1S/C2H7N.B.H2O5S2/c1-3-2;;1-6(2)7(3,4)5/h3H,1-2H3;;(H,1,2)(H,3,4,5). The van der Waals surface area contributed by atoms with E-state index in [1.165, 1.54) is 0 Å². The van der Waals surface area contributed by atoms with Gasteiger partial charge in [0.2, 0.25) is 0 Å². The van der Waals surface area contributed by atoms with Crippen LogP contribution in [0.4, 0.5) is 0 Å². The second kappa shape index (κ2) is 8.14. The topological polar surface area (TPSA) is 104 Å². The van der Waals surface area contributed by atoms with Gasteiger partial charge >= 0.3 is 19.3 Å². The Hall–Kier alpha value is 0.0449. The van der Waals surface area contributed by atoms with Crippen molar-refractivity contribution in [3.8, 4) is 0 Å². The van der Waals surface area contributed by atoms with Gasteiger partial charge in [0.1, 0.15) is 0 Å². The van der Waals surface area contributed by atoms with Gasteiger partial charge in [0, 0.05) is 8.41 Å². The van der Waals surface area contributed by atoms with Gasteiger partial charge in [-0.2, -0.15) is 8.42 Å². The van der Waals surface area contributed by atoms with Crippen molar-refractivity contribution in [2.24, 2.45) is 0 Å². The van der Waals surface area contributed by atoms with Gasteiger partial charge in [-0.1, -0.05) is 0 Å². The van der Waals surface area contributed by atoms with E-state index in [1.54, 1.807) is 0 Å². The highest BCUT2D eigenvalue weighted by atomic mass is 33.2. The molecule has 1 unspecified atom stereocenters. The summed E-state index contributed by atoms with van der Waals surface area (Å²) in [5.74, 6) is 0. The van der Waals surface area contributed by atoms with Crippen LogP contribution in [0.1, 0.15) is 0 Å². The highest BCUT2D eigenvalue weighted by Crippen LogP contribution is 1.83. The summed E-state index contributed by atoms with van der Waals surface area (Å²) in [6.07, 6.45) is 0. The largest absolute Gasteiger partial charge is 0.373 e. The van der Waals surface area contributed by atoms with Crippen molar-refractivity contribution in [1.29, 1.82) is 0 Å². The summed E-state index contributed by atoms with van der Waals surface area (Å²) in [5.41, 5.74) is 0. The van der Waals surface area contributed by atoms with Crippen molar-refractivity contribution in [2.45, 2.75) is 0 Å².